The molecule has 1 amide bonds. The van der Waals surface area contributed by atoms with Gasteiger partial charge in [-0.05, 0) is 49.8 Å². The minimum absolute atomic E-state index is 0.199. The van der Waals surface area contributed by atoms with Crippen molar-refractivity contribution in [2.75, 3.05) is 11.0 Å². The van der Waals surface area contributed by atoms with E-state index in [4.69, 9.17) is 0 Å². The van der Waals surface area contributed by atoms with Crippen LogP contribution in [0.15, 0.2) is 42.5 Å². The van der Waals surface area contributed by atoms with Crippen molar-refractivity contribution in [2.45, 2.75) is 19.9 Å². The van der Waals surface area contributed by atoms with Crippen molar-refractivity contribution < 1.29 is 13.2 Å². The van der Waals surface area contributed by atoms with Crippen molar-refractivity contribution in [3.63, 3.8) is 0 Å². The molecule has 1 atom stereocenters. The van der Waals surface area contributed by atoms with Crippen molar-refractivity contribution in [1.82, 2.24) is 5.32 Å². The topological polar surface area (TPSA) is 75.3 Å². The van der Waals surface area contributed by atoms with E-state index in [1.54, 1.807) is 35.6 Å². The Morgan fingerprint density at radius 2 is 2.00 bits per heavy atom. The average molecular weight is 364 g/mol. The van der Waals surface area contributed by atoms with E-state index in [9.17, 15) is 13.2 Å². The predicted octanol–water partition coefficient (Wildman–Crippen LogP) is 3.32. The number of sulfonamides is 1. The van der Waals surface area contributed by atoms with Gasteiger partial charge in [-0.15, -0.1) is 11.3 Å². The number of nitrogens with one attached hydrogen (secondary N) is 2. The lowest BCUT2D eigenvalue weighted by Gasteiger charge is -2.14. The zero-order chi connectivity index (χ0) is 17.7. The second-order valence-corrected chi connectivity index (χ2v) is 8.58. The number of hydrogen-bond donors (Lipinski definition) is 2. The van der Waals surface area contributed by atoms with E-state index in [2.05, 4.69) is 10.0 Å². The summed E-state index contributed by atoms with van der Waals surface area (Å²) < 4.78 is 25.0. The third-order valence-corrected chi connectivity index (χ3v) is 4.78. The Balaban J connectivity index is 2.01. The molecule has 1 aromatic heterocycles. The highest BCUT2D eigenvalue weighted by molar-refractivity contribution is 7.92. The van der Waals surface area contributed by atoms with Crippen molar-refractivity contribution >= 4 is 39.0 Å². The number of anilines is 1. The summed E-state index contributed by atoms with van der Waals surface area (Å²) in [6.45, 7) is 3.86. The van der Waals surface area contributed by atoms with Gasteiger partial charge >= 0.3 is 0 Å². The van der Waals surface area contributed by atoms with E-state index in [1.807, 2.05) is 32.0 Å². The van der Waals surface area contributed by atoms with Crippen molar-refractivity contribution in [3.05, 3.63) is 57.8 Å². The van der Waals surface area contributed by atoms with Crippen LogP contribution in [0, 0.1) is 6.92 Å². The second kappa shape index (κ2) is 7.63. The Bertz CT molecular complexity index is 854. The lowest BCUT2D eigenvalue weighted by Crippen LogP contribution is -2.24. The summed E-state index contributed by atoms with van der Waals surface area (Å²) in [6, 6.07) is 10.7. The minimum atomic E-state index is -3.33. The highest BCUT2D eigenvalue weighted by atomic mass is 32.2. The fourth-order valence-corrected chi connectivity index (χ4v) is 3.47. The molecule has 1 heterocycles. The zero-order valence-corrected chi connectivity index (χ0v) is 15.4. The summed E-state index contributed by atoms with van der Waals surface area (Å²) >= 11 is 1.62. The SMILES string of the molecule is Cc1ccc(/C=C\C(=O)N[C@@H](C)c2cccc(NS(C)(=O)=O)c2)s1. The lowest BCUT2D eigenvalue weighted by atomic mass is 10.1. The fraction of sp³-hybridized carbons (Fsp3) is 0.235. The molecule has 0 aliphatic carbocycles. The van der Waals surface area contributed by atoms with Gasteiger partial charge in [0, 0.05) is 21.5 Å². The maximum absolute atomic E-state index is 12.0. The Labute approximate surface area is 146 Å². The van der Waals surface area contributed by atoms with Gasteiger partial charge in [0.1, 0.15) is 0 Å². The number of carbonyl (C=O) groups is 1. The first-order valence-electron chi connectivity index (χ1n) is 7.36. The van der Waals surface area contributed by atoms with Crippen molar-refractivity contribution in [3.8, 4) is 0 Å². The molecule has 2 rings (SSSR count). The molecule has 0 bridgehead atoms. The molecule has 0 aliphatic heterocycles. The molecular weight excluding hydrogens is 344 g/mol. The van der Waals surface area contributed by atoms with Crippen LogP contribution in [-0.4, -0.2) is 20.6 Å². The van der Waals surface area contributed by atoms with E-state index < -0.39 is 10.0 Å². The quantitative estimate of drug-likeness (QED) is 0.772. The number of carbonyl (C=O) groups excluding carboxylic acids is 1. The van der Waals surface area contributed by atoms with Crippen LogP contribution in [0.25, 0.3) is 6.08 Å². The summed E-state index contributed by atoms with van der Waals surface area (Å²) in [4.78, 5) is 14.2. The van der Waals surface area contributed by atoms with Crippen molar-refractivity contribution in [1.29, 1.82) is 0 Å². The van der Waals surface area contributed by atoms with Crippen LogP contribution in [-0.2, 0) is 14.8 Å². The van der Waals surface area contributed by atoms with Gasteiger partial charge in [0.05, 0.1) is 12.3 Å². The van der Waals surface area contributed by atoms with Gasteiger partial charge in [-0.25, -0.2) is 8.42 Å². The van der Waals surface area contributed by atoms with E-state index in [-0.39, 0.29) is 11.9 Å². The first kappa shape index (κ1) is 18.2. The number of hydrogen-bond acceptors (Lipinski definition) is 4. The third-order valence-electron chi connectivity index (χ3n) is 3.21. The second-order valence-electron chi connectivity index (χ2n) is 5.51. The van der Waals surface area contributed by atoms with Crippen LogP contribution in [0.3, 0.4) is 0 Å². The predicted molar refractivity (Wildman–Crippen MR) is 99.6 cm³/mol. The van der Waals surface area contributed by atoms with E-state index in [0.717, 1.165) is 16.7 Å². The Morgan fingerprint density at radius 1 is 1.25 bits per heavy atom. The number of rotatable bonds is 6. The summed E-state index contributed by atoms with van der Waals surface area (Å²) in [6.07, 6.45) is 4.38. The van der Waals surface area contributed by atoms with Crippen LogP contribution in [0.1, 0.15) is 28.3 Å². The number of amides is 1. The molecule has 0 saturated carbocycles. The first-order valence-corrected chi connectivity index (χ1v) is 10.1. The molecular formula is C17H20N2O3S2. The molecule has 0 fully saturated rings. The highest BCUT2D eigenvalue weighted by Crippen LogP contribution is 2.19. The van der Waals surface area contributed by atoms with E-state index in [1.165, 1.54) is 11.0 Å². The van der Waals surface area contributed by atoms with Gasteiger partial charge in [0.25, 0.3) is 0 Å². The smallest absolute Gasteiger partial charge is 0.244 e. The van der Waals surface area contributed by atoms with Gasteiger partial charge in [-0.3, -0.25) is 9.52 Å². The molecule has 0 aliphatic rings. The molecule has 0 saturated heterocycles. The molecule has 7 heteroatoms. The van der Waals surface area contributed by atoms with Gasteiger partial charge < -0.3 is 5.32 Å². The molecule has 5 nitrogen and oxygen atoms in total. The molecule has 24 heavy (non-hydrogen) atoms. The van der Waals surface area contributed by atoms with Gasteiger partial charge in [-0.1, -0.05) is 12.1 Å². The number of benzene rings is 1. The maximum atomic E-state index is 12.0. The molecule has 0 spiro atoms. The Morgan fingerprint density at radius 3 is 2.62 bits per heavy atom. The van der Waals surface area contributed by atoms with Gasteiger partial charge in [0.15, 0.2) is 0 Å². The first-order chi connectivity index (χ1) is 11.2. The zero-order valence-electron chi connectivity index (χ0n) is 13.7. The summed E-state index contributed by atoms with van der Waals surface area (Å²) in [5, 5.41) is 2.86. The molecule has 2 aromatic rings. The van der Waals surface area contributed by atoms with Crippen LogP contribution < -0.4 is 10.0 Å². The largest absolute Gasteiger partial charge is 0.346 e. The molecule has 128 valence electrons. The summed E-state index contributed by atoms with van der Waals surface area (Å²) in [7, 11) is -3.33. The fourth-order valence-electron chi connectivity index (χ4n) is 2.13. The number of thiophene rings is 1. The van der Waals surface area contributed by atoms with Crippen molar-refractivity contribution in [2.24, 2.45) is 0 Å². The third kappa shape index (κ3) is 5.82. The van der Waals surface area contributed by atoms with Gasteiger partial charge in [0.2, 0.25) is 15.9 Å². The van der Waals surface area contributed by atoms with Gasteiger partial charge in [-0.2, -0.15) is 0 Å². The van der Waals surface area contributed by atoms with Crippen LogP contribution in [0.2, 0.25) is 0 Å². The lowest BCUT2D eigenvalue weighted by molar-refractivity contribution is -0.117. The molecule has 2 N–H and O–H groups in total. The average Bonchev–Trinajstić information content (AvgIpc) is 2.89. The summed E-state index contributed by atoms with van der Waals surface area (Å²) in [5.41, 5.74) is 1.29. The normalized spacial score (nSPS) is 13.0. The monoisotopic (exact) mass is 364 g/mol. The van der Waals surface area contributed by atoms with Crippen LogP contribution in [0.5, 0.6) is 0 Å². The Kier molecular flexibility index (Phi) is 5.80. The summed E-state index contributed by atoms with van der Waals surface area (Å²) in [5.74, 6) is -0.199. The van der Waals surface area contributed by atoms with E-state index >= 15 is 0 Å². The number of aryl methyl sites for hydroxylation is 1. The molecule has 0 unspecified atom stereocenters. The van der Waals surface area contributed by atoms with E-state index in [0.29, 0.717) is 5.69 Å². The Hall–Kier alpha value is -2.12. The standard InChI is InChI=1S/C17H20N2O3S2/c1-12-7-8-16(23-12)9-10-17(20)18-13(2)14-5-4-6-15(11-14)19-24(3,21)22/h4-11,13,19H,1-3H3,(H,18,20)/b10-9-/t13-/m0/s1. The van der Waals surface area contributed by atoms with Crippen LogP contribution >= 0.6 is 11.3 Å². The minimum Gasteiger partial charge on any atom is -0.346 e. The van der Waals surface area contributed by atoms with Crippen LogP contribution in [0.4, 0.5) is 5.69 Å². The maximum Gasteiger partial charge on any atom is 0.244 e. The molecule has 0 radical (unpaired) electrons. The molecule has 1 aromatic carbocycles. The highest BCUT2D eigenvalue weighted by Gasteiger charge is 2.09.